The molecule has 0 aliphatic rings. The lowest BCUT2D eigenvalue weighted by Gasteiger charge is -2.18. The third-order valence-corrected chi connectivity index (χ3v) is 8.73. The first-order chi connectivity index (χ1) is 22.4. The summed E-state index contributed by atoms with van der Waals surface area (Å²) in [6.07, 6.45) is -2.25. The fourth-order valence-corrected chi connectivity index (χ4v) is 6.66. The van der Waals surface area contributed by atoms with Crippen LogP contribution in [0.5, 0.6) is 5.75 Å². The van der Waals surface area contributed by atoms with Crippen LogP contribution in [0, 0.1) is 25.2 Å². The molecule has 4 aromatic heterocycles. The SMILES string of the molecule is Cc1cc(-c2cc(Cl)ccc2OCCn2c(C)nc3cc(C(F)(F)F)c(-c4cccnc4)c(C#N)c3c2=O)c2scc(C(=O)O)c2n1. The summed E-state index contributed by atoms with van der Waals surface area (Å²) in [5, 5.41) is 21.4. The summed E-state index contributed by atoms with van der Waals surface area (Å²) >= 11 is 7.57. The Morgan fingerprint density at radius 1 is 1.15 bits per heavy atom. The van der Waals surface area contributed by atoms with E-state index in [0.29, 0.717) is 37.8 Å². The van der Waals surface area contributed by atoms with E-state index in [4.69, 9.17) is 16.3 Å². The maximum Gasteiger partial charge on any atom is 0.417 e. The Hall–Kier alpha value is -5.32. The standard InChI is InChI=1S/C33H21ClF3N5O4S/c1-16-10-21(30-29(40-16)23(15-47-30)32(44)45)20-11-19(34)5-6-26(20)46-9-8-42-17(2)41-25-12-24(33(35,36)37)27(18-4-3-7-39-14-18)22(13-38)28(25)31(42)43/h3-7,10-12,14-15H,8-9H2,1-2H3,(H,44,45). The highest BCUT2D eigenvalue weighted by atomic mass is 35.5. The minimum atomic E-state index is -4.84. The summed E-state index contributed by atoms with van der Waals surface area (Å²) in [5.74, 6) is -0.591. The number of thiophene rings is 1. The molecule has 236 valence electrons. The molecule has 0 saturated heterocycles. The van der Waals surface area contributed by atoms with Gasteiger partial charge >= 0.3 is 12.1 Å². The number of nitrogens with zero attached hydrogens (tertiary/aromatic N) is 5. The van der Waals surface area contributed by atoms with Crippen molar-refractivity contribution in [2.24, 2.45) is 0 Å². The molecule has 0 fully saturated rings. The predicted octanol–water partition coefficient (Wildman–Crippen LogP) is 7.67. The number of alkyl halides is 3. The number of aromatic carboxylic acids is 1. The molecule has 0 aliphatic carbocycles. The van der Waals surface area contributed by atoms with E-state index in [-0.39, 0.29) is 41.0 Å². The average molecular weight is 676 g/mol. The van der Waals surface area contributed by atoms with Gasteiger partial charge in [0.2, 0.25) is 0 Å². The maximum absolute atomic E-state index is 14.2. The fourth-order valence-electron chi connectivity index (χ4n) is 5.47. The van der Waals surface area contributed by atoms with Crippen LogP contribution < -0.4 is 10.3 Å². The molecule has 14 heteroatoms. The predicted molar refractivity (Wildman–Crippen MR) is 171 cm³/mol. The van der Waals surface area contributed by atoms with E-state index in [1.807, 2.05) is 6.07 Å². The van der Waals surface area contributed by atoms with Crippen molar-refractivity contribution in [2.45, 2.75) is 26.6 Å². The van der Waals surface area contributed by atoms with Gasteiger partial charge in [0.15, 0.2) is 0 Å². The van der Waals surface area contributed by atoms with Crippen molar-refractivity contribution >= 4 is 50.0 Å². The molecule has 6 rings (SSSR count). The minimum Gasteiger partial charge on any atom is -0.491 e. The number of rotatable bonds is 7. The Bertz CT molecular complexity index is 2330. The number of benzene rings is 2. The lowest BCUT2D eigenvalue weighted by atomic mass is 9.92. The molecule has 9 nitrogen and oxygen atoms in total. The number of pyridine rings is 2. The summed E-state index contributed by atoms with van der Waals surface area (Å²) in [6.45, 7) is 3.09. The zero-order valence-corrected chi connectivity index (χ0v) is 26.1. The number of hydrogen-bond donors (Lipinski definition) is 1. The summed E-state index contributed by atoms with van der Waals surface area (Å²) in [5.41, 5.74) is -0.710. The number of fused-ring (bicyclic) bond motifs is 2. The maximum atomic E-state index is 14.2. The van der Waals surface area contributed by atoms with Gasteiger partial charge in [-0.05, 0) is 50.2 Å². The average Bonchev–Trinajstić information content (AvgIpc) is 3.46. The molecular weight excluding hydrogens is 655 g/mol. The van der Waals surface area contributed by atoms with E-state index in [1.165, 1.54) is 52.7 Å². The zero-order valence-electron chi connectivity index (χ0n) is 24.5. The number of nitriles is 1. The molecule has 6 aromatic rings. The van der Waals surface area contributed by atoms with E-state index in [1.54, 1.807) is 31.2 Å². The van der Waals surface area contributed by atoms with Gasteiger partial charge in [0.1, 0.15) is 24.3 Å². The van der Waals surface area contributed by atoms with Gasteiger partial charge < -0.3 is 9.84 Å². The van der Waals surface area contributed by atoms with Crippen LogP contribution in [0.25, 0.3) is 43.4 Å². The molecular formula is C33H21ClF3N5O4S. The lowest BCUT2D eigenvalue weighted by molar-refractivity contribution is -0.137. The molecule has 2 aromatic carbocycles. The molecule has 1 N–H and O–H groups in total. The van der Waals surface area contributed by atoms with Crippen molar-refractivity contribution in [3.63, 3.8) is 0 Å². The highest BCUT2D eigenvalue weighted by Crippen LogP contribution is 2.42. The Morgan fingerprint density at radius 3 is 2.62 bits per heavy atom. The van der Waals surface area contributed by atoms with Crippen LogP contribution in [-0.4, -0.2) is 37.2 Å². The molecule has 0 unspecified atom stereocenters. The van der Waals surface area contributed by atoms with Crippen molar-refractivity contribution in [2.75, 3.05) is 6.61 Å². The van der Waals surface area contributed by atoms with Crippen LogP contribution in [0.4, 0.5) is 13.2 Å². The zero-order chi connectivity index (χ0) is 33.6. The fraction of sp³-hybridized carbons (Fsp3) is 0.152. The van der Waals surface area contributed by atoms with Crippen LogP contribution in [0.2, 0.25) is 5.02 Å². The second-order valence-corrected chi connectivity index (χ2v) is 11.8. The van der Waals surface area contributed by atoms with Crippen LogP contribution in [0.15, 0.2) is 65.0 Å². The third-order valence-electron chi connectivity index (χ3n) is 7.49. The number of carbonyl (C=O) groups is 1. The monoisotopic (exact) mass is 675 g/mol. The Labute approximate surface area is 273 Å². The van der Waals surface area contributed by atoms with Crippen LogP contribution in [0.1, 0.15) is 33.0 Å². The van der Waals surface area contributed by atoms with E-state index in [2.05, 4.69) is 15.0 Å². The number of halogens is 4. The number of aryl methyl sites for hydroxylation is 2. The van der Waals surface area contributed by atoms with Gasteiger partial charge in [-0.25, -0.2) is 9.78 Å². The molecule has 0 aliphatic heterocycles. The molecule has 0 saturated carbocycles. The highest BCUT2D eigenvalue weighted by Gasteiger charge is 2.37. The minimum absolute atomic E-state index is 0.0325. The third kappa shape index (κ3) is 5.77. The summed E-state index contributed by atoms with van der Waals surface area (Å²) in [6, 6.07) is 12.2. The van der Waals surface area contributed by atoms with Crippen LogP contribution in [-0.2, 0) is 12.7 Å². The number of carboxylic acids is 1. The van der Waals surface area contributed by atoms with E-state index in [9.17, 15) is 33.1 Å². The Kier molecular flexibility index (Phi) is 8.17. The smallest absolute Gasteiger partial charge is 0.417 e. The molecule has 47 heavy (non-hydrogen) atoms. The second kappa shape index (κ2) is 12.1. The Morgan fingerprint density at radius 2 is 1.94 bits per heavy atom. The lowest BCUT2D eigenvalue weighted by Crippen LogP contribution is -2.27. The van der Waals surface area contributed by atoms with Gasteiger partial charge in [-0.15, -0.1) is 11.3 Å². The van der Waals surface area contributed by atoms with E-state index in [0.717, 1.165) is 6.07 Å². The van der Waals surface area contributed by atoms with Gasteiger partial charge in [0, 0.05) is 50.7 Å². The normalized spacial score (nSPS) is 11.6. The molecule has 0 spiro atoms. The summed E-state index contributed by atoms with van der Waals surface area (Å²) < 4.78 is 50.6. The van der Waals surface area contributed by atoms with Gasteiger partial charge in [-0.3, -0.25) is 19.3 Å². The molecule has 0 radical (unpaired) electrons. The second-order valence-electron chi connectivity index (χ2n) is 10.5. The summed E-state index contributed by atoms with van der Waals surface area (Å²) in [7, 11) is 0. The molecule has 0 atom stereocenters. The number of ether oxygens (including phenoxy) is 1. The molecule has 0 bridgehead atoms. The van der Waals surface area contributed by atoms with Crippen LogP contribution in [0.3, 0.4) is 0 Å². The number of aromatic nitrogens is 4. The molecule has 4 heterocycles. The van der Waals surface area contributed by atoms with E-state index >= 15 is 0 Å². The largest absolute Gasteiger partial charge is 0.491 e. The van der Waals surface area contributed by atoms with Crippen molar-refractivity contribution in [3.8, 4) is 34.1 Å². The van der Waals surface area contributed by atoms with Crippen LogP contribution >= 0.6 is 22.9 Å². The van der Waals surface area contributed by atoms with Gasteiger partial charge in [0.25, 0.3) is 5.56 Å². The van der Waals surface area contributed by atoms with E-state index < -0.39 is 34.4 Å². The highest BCUT2D eigenvalue weighted by molar-refractivity contribution is 7.18. The first kappa shape index (κ1) is 31.7. The Balaban J connectivity index is 1.41. The van der Waals surface area contributed by atoms with Crippen molar-refractivity contribution in [1.29, 1.82) is 5.26 Å². The van der Waals surface area contributed by atoms with Gasteiger partial charge in [-0.1, -0.05) is 17.7 Å². The van der Waals surface area contributed by atoms with Gasteiger partial charge in [0.05, 0.1) is 44.4 Å². The number of carboxylic acid groups (broad SMARTS) is 1. The quantitative estimate of drug-likeness (QED) is 0.182. The number of hydrogen-bond acceptors (Lipinski definition) is 8. The van der Waals surface area contributed by atoms with Crippen molar-refractivity contribution in [1.82, 2.24) is 19.5 Å². The first-order valence-corrected chi connectivity index (χ1v) is 15.2. The molecule has 0 amide bonds. The topological polar surface area (TPSA) is 131 Å². The summed E-state index contributed by atoms with van der Waals surface area (Å²) in [4.78, 5) is 38.2. The van der Waals surface area contributed by atoms with Gasteiger partial charge in [-0.2, -0.15) is 18.4 Å². The first-order valence-electron chi connectivity index (χ1n) is 13.9. The van der Waals surface area contributed by atoms with Crippen molar-refractivity contribution < 1.29 is 27.8 Å². The van der Waals surface area contributed by atoms with Crippen molar-refractivity contribution in [3.05, 3.63) is 104 Å².